The number of aryl methyl sites for hydroxylation is 1. The van der Waals surface area contributed by atoms with Crippen molar-refractivity contribution in [3.05, 3.63) is 51.2 Å². The maximum Gasteiger partial charge on any atom is 0.123 e. The van der Waals surface area contributed by atoms with Crippen LogP contribution in [0.1, 0.15) is 47.6 Å². The highest BCUT2D eigenvalue weighted by Gasteiger charge is 2.09. The molecule has 2 nitrogen and oxygen atoms in total. The molecule has 1 aromatic carbocycles. The van der Waals surface area contributed by atoms with E-state index < -0.39 is 0 Å². The van der Waals surface area contributed by atoms with Crippen LogP contribution in [0.25, 0.3) is 0 Å². The van der Waals surface area contributed by atoms with Gasteiger partial charge in [-0.25, -0.2) is 0 Å². The van der Waals surface area contributed by atoms with Crippen LogP contribution in [-0.2, 0) is 13.2 Å². The Morgan fingerprint density at radius 1 is 1.24 bits per heavy atom. The Kier molecular flexibility index (Phi) is 5.83. The fourth-order valence-electron chi connectivity index (χ4n) is 2.31. The highest BCUT2D eigenvalue weighted by Crippen LogP contribution is 2.28. The molecule has 0 unspecified atom stereocenters. The smallest absolute Gasteiger partial charge is 0.123 e. The normalized spacial score (nSPS) is 11.1. The van der Waals surface area contributed by atoms with Gasteiger partial charge in [0.15, 0.2) is 0 Å². The Morgan fingerprint density at radius 3 is 2.71 bits per heavy atom. The summed E-state index contributed by atoms with van der Waals surface area (Å²) in [5.41, 5.74) is 2.57. The SMILES string of the molecule is CCNCc1cc(COc2ccccc2C(C)C)c(C)s1. The van der Waals surface area contributed by atoms with Crippen molar-refractivity contribution in [2.45, 2.75) is 46.8 Å². The largest absolute Gasteiger partial charge is 0.489 e. The van der Waals surface area contributed by atoms with E-state index in [0.717, 1.165) is 18.8 Å². The van der Waals surface area contributed by atoms with Crippen LogP contribution in [0.15, 0.2) is 30.3 Å². The van der Waals surface area contributed by atoms with Crippen molar-refractivity contribution >= 4 is 11.3 Å². The molecule has 0 fully saturated rings. The van der Waals surface area contributed by atoms with E-state index in [2.05, 4.69) is 57.3 Å². The Labute approximate surface area is 132 Å². The zero-order chi connectivity index (χ0) is 15.2. The quantitative estimate of drug-likeness (QED) is 0.788. The molecule has 0 spiro atoms. The van der Waals surface area contributed by atoms with Crippen LogP contribution in [0.4, 0.5) is 0 Å². The highest BCUT2D eigenvalue weighted by molar-refractivity contribution is 7.12. The zero-order valence-corrected chi connectivity index (χ0v) is 14.2. The van der Waals surface area contributed by atoms with Gasteiger partial charge in [0.1, 0.15) is 12.4 Å². The summed E-state index contributed by atoms with van der Waals surface area (Å²) < 4.78 is 6.07. The number of ether oxygens (including phenoxy) is 1. The van der Waals surface area contributed by atoms with Gasteiger partial charge in [-0.2, -0.15) is 0 Å². The fourth-order valence-corrected chi connectivity index (χ4v) is 3.33. The summed E-state index contributed by atoms with van der Waals surface area (Å²) in [5, 5.41) is 3.37. The molecule has 1 aromatic heterocycles. The van der Waals surface area contributed by atoms with Crippen LogP contribution in [0.2, 0.25) is 0 Å². The summed E-state index contributed by atoms with van der Waals surface area (Å²) in [7, 11) is 0. The summed E-state index contributed by atoms with van der Waals surface area (Å²) in [6.45, 7) is 11.3. The van der Waals surface area contributed by atoms with Gasteiger partial charge in [0, 0.05) is 21.9 Å². The average molecular weight is 303 g/mol. The van der Waals surface area contributed by atoms with Crippen molar-refractivity contribution < 1.29 is 4.74 Å². The molecule has 114 valence electrons. The van der Waals surface area contributed by atoms with Crippen LogP contribution in [0.3, 0.4) is 0 Å². The lowest BCUT2D eigenvalue weighted by molar-refractivity contribution is 0.301. The molecule has 0 saturated carbocycles. The molecule has 0 radical (unpaired) electrons. The Morgan fingerprint density at radius 2 is 2.00 bits per heavy atom. The molecule has 0 amide bonds. The van der Waals surface area contributed by atoms with Crippen LogP contribution >= 0.6 is 11.3 Å². The Hall–Kier alpha value is -1.32. The monoisotopic (exact) mass is 303 g/mol. The van der Waals surface area contributed by atoms with E-state index in [-0.39, 0.29) is 0 Å². The van der Waals surface area contributed by atoms with Crippen LogP contribution < -0.4 is 10.1 Å². The lowest BCUT2D eigenvalue weighted by atomic mass is 10.0. The van der Waals surface area contributed by atoms with E-state index >= 15 is 0 Å². The van der Waals surface area contributed by atoms with Gasteiger partial charge in [0.25, 0.3) is 0 Å². The molecular formula is C18H25NOS. The molecule has 2 aromatic rings. The molecule has 0 saturated heterocycles. The molecule has 1 heterocycles. The second-order valence-electron chi connectivity index (χ2n) is 5.56. The van der Waals surface area contributed by atoms with Crippen molar-refractivity contribution in [2.24, 2.45) is 0 Å². The second kappa shape index (κ2) is 7.62. The number of hydrogen-bond acceptors (Lipinski definition) is 3. The van der Waals surface area contributed by atoms with E-state index in [1.54, 1.807) is 0 Å². The summed E-state index contributed by atoms with van der Waals surface area (Å²) >= 11 is 1.86. The van der Waals surface area contributed by atoms with Gasteiger partial charge in [-0.05, 0) is 37.1 Å². The maximum absolute atomic E-state index is 6.07. The predicted octanol–water partition coefficient (Wildman–Crippen LogP) is 4.87. The van der Waals surface area contributed by atoms with Gasteiger partial charge in [-0.1, -0.05) is 39.0 Å². The first-order valence-corrected chi connectivity index (χ1v) is 8.44. The van der Waals surface area contributed by atoms with E-state index in [1.807, 2.05) is 17.4 Å². The zero-order valence-electron chi connectivity index (χ0n) is 13.4. The minimum absolute atomic E-state index is 0.481. The number of thiophene rings is 1. The van der Waals surface area contributed by atoms with E-state index in [1.165, 1.54) is 20.9 Å². The number of para-hydroxylation sites is 1. The lowest BCUT2D eigenvalue weighted by Crippen LogP contribution is -2.10. The van der Waals surface area contributed by atoms with Crippen molar-refractivity contribution in [3.63, 3.8) is 0 Å². The number of benzene rings is 1. The molecule has 21 heavy (non-hydrogen) atoms. The predicted molar refractivity (Wildman–Crippen MR) is 91.3 cm³/mol. The van der Waals surface area contributed by atoms with Crippen molar-refractivity contribution in [3.8, 4) is 5.75 Å². The van der Waals surface area contributed by atoms with E-state index in [9.17, 15) is 0 Å². The average Bonchev–Trinajstić information content (AvgIpc) is 2.83. The Bertz CT molecular complexity index is 574. The summed E-state index contributed by atoms with van der Waals surface area (Å²) in [4.78, 5) is 2.73. The molecule has 1 N–H and O–H groups in total. The lowest BCUT2D eigenvalue weighted by Gasteiger charge is -2.13. The second-order valence-corrected chi connectivity index (χ2v) is 6.90. The molecular weight excluding hydrogens is 278 g/mol. The molecule has 0 aliphatic heterocycles. The molecule has 0 aliphatic carbocycles. The summed E-state index contributed by atoms with van der Waals surface area (Å²) in [6.07, 6.45) is 0. The molecule has 0 aliphatic rings. The van der Waals surface area contributed by atoms with Crippen molar-refractivity contribution in [1.29, 1.82) is 0 Å². The van der Waals surface area contributed by atoms with Gasteiger partial charge in [-0.15, -0.1) is 11.3 Å². The first-order valence-electron chi connectivity index (χ1n) is 7.62. The molecule has 0 bridgehead atoms. The maximum atomic E-state index is 6.07. The molecule has 3 heteroatoms. The van der Waals surface area contributed by atoms with Gasteiger partial charge in [0.05, 0.1) is 0 Å². The standard InChI is InChI=1S/C18H25NOS/c1-5-19-11-16-10-15(14(4)21-16)12-20-18-9-7-6-8-17(18)13(2)3/h6-10,13,19H,5,11-12H2,1-4H3. The minimum atomic E-state index is 0.481. The first-order chi connectivity index (χ1) is 10.1. The minimum Gasteiger partial charge on any atom is -0.489 e. The van der Waals surface area contributed by atoms with Gasteiger partial charge in [0.2, 0.25) is 0 Å². The topological polar surface area (TPSA) is 21.3 Å². The Balaban J connectivity index is 2.05. The molecule has 0 atom stereocenters. The van der Waals surface area contributed by atoms with Crippen molar-refractivity contribution in [1.82, 2.24) is 5.32 Å². The van der Waals surface area contributed by atoms with Gasteiger partial charge in [-0.3, -0.25) is 0 Å². The van der Waals surface area contributed by atoms with Gasteiger partial charge < -0.3 is 10.1 Å². The summed E-state index contributed by atoms with van der Waals surface area (Å²) in [5.74, 6) is 1.49. The van der Waals surface area contributed by atoms with Crippen LogP contribution in [0.5, 0.6) is 5.75 Å². The number of hydrogen-bond donors (Lipinski definition) is 1. The first kappa shape index (κ1) is 16.1. The van der Waals surface area contributed by atoms with Crippen molar-refractivity contribution in [2.75, 3.05) is 6.54 Å². The highest BCUT2D eigenvalue weighted by atomic mass is 32.1. The third-order valence-electron chi connectivity index (χ3n) is 3.55. The third kappa shape index (κ3) is 4.32. The third-order valence-corrected chi connectivity index (χ3v) is 4.64. The number of rotatable bonds is 7. The molecule has 2 rings (SSSR count). The fraction of sp³-hybridized carbons (Fsp3) is 0.444. The van der Waals surface area contributed by atoms with Crippen LogP contribution in [-0.4, -0.2) is 6.54 Å². The van der Waals surface area contributed by atoms with E-state index in [0.29, 0.717) is 12.5 Å². The summed E-state index contributed by atoms with van der Waals surface area (Å²) in [6, 6.07) is 10.6. The van der Waals surface area contributed by atoms with Crippen LogP contribution in [0, 0.1) is 6.92 Å². The number of nitrogens with one attached hydrogen (secondary N) is 1. The van der Waals surface area contributed by atoms with E-state index in [4.69, 9.17) is 4.74 Å². The van der Waals surface area contributed by atoms with Gasteiger partial charge >= 0.3 is 0 Å².